The Morgan fingerprint density at radius 1 is 1.24 bits per heavy atom. The molecule has 1 unspecified atom stereocenters. The number of benzene rings is 1. The van der Waals surface area contributed by atoms with Crippen LogP contribution in [0, 0.1) is 0 Å². The Bertz CT molecular complexity index is 714. The molecule has 25 heavy (non-hydrogen) atoms. The van der Waals surface area contributed by atoms with Crippen LogP contribution < -0.4 is 14.8 Å². The topological polar surface area (TPSA) is 60.5 Å². The van der Waals surface area contributed by atoms with Gasteiger partial charge in [0, 0.05) is 18.5 Å². The van der Waals surface area contributed by atoms with E-state index in [1.807, 2.05) is 37.3 Å². The molecule has 0 fully saturated rings. The average molecular weight is 340 g/mol. The quantitative estimate of drug-likeness (QED) is 0.743. The van der Waals surface area contributed by atoms with Crippen LogP contribution in [0.1, 0.15) is 37.4 Å². The number of carbonyl (C=O) groups excluding carboxylic acids is 1. The number of nitrogens with zero attached hydrogens (tertiary/aromatic N) is 1. The second kappa shape index (κ2) is 9.47. The molecule has 2 rings (SSSR count). The summed E-state index contributed by atoms with van der Waals surface area (Å²) in [6, 6.07) is 9.28. The van der Waals surface area contributed by atoms with Crippen molar-refractivity contribution in [2.75, 3.05) is 13.7 Å². The Labute approximate surface area is 148 Å². The number of ether oxygens (including phenoxy) is 2. The van der Waals surface area contributed by atoms with Crippen molar-refractivity contribution >= 4 is 12.0 Å². The number of hydrogen-bond donors (Lipinski definition) is 1. The summed E-state index contributed by atoms with van der Waals surface area (Å²) >= 11 is 0. The molecule has 132 valence electrons. The van der Waals surface area contributed by atoms with Gasteiger partial charge in [-0.05, 0) is 54.8 Å². The Kier molecular flexibility index (Phi) is 7.01. The van der Waals surface area contributed by atoms with Crippen molar-refractivity contribution in [3.63, 3.8) is 0 Å². The summed E-state index contributed by atoms with van der Waals surface area (Å²) in [5.74, 6) is 1.20. The van der Waals surface area contributed by atoms with Crippen molar-refractivity contribution in [3.05, 3.63) is 59.9 Å². The summed E-state index contributed by atoms with van der Waals surface area (Å²) in [6.07, 6.45) is 7.62. The molecule has 0 aliphatic carbocycles. The number of rotatable bonds is 8. The summed E-state index contributed by atoms with van der Waals surface area (Å²) in [5, 5.41) is 2.92. The maximum absolute atomic E-state index is 12.1. The third-order valence-electron chi connectivity index (χ3n) is 3.64. The van der Waals surface area contributed by atoms with Gasteiger partial charge in [0.05, 0.1) is 19.8 Å². The van der Waals surface area contributed by atoms with Crippen LogP contribution in [0.25, 0.3) is 6.08 Å². The van der Waals surface area contributed by atoms with Gasteiger partial charge in [-0.25, -0.2) is 0 Å². The van der Waals surface area contributed by atoms with Crippen molar-refractivity contribution in [2.24, 2.45) is 0 Å². The molecule has 0 aliphatic rings. The maximum atomic E-state index is 12.1. The fourth-order valence-electron chi connectivity index (χ4n) is 2.29. The number of amides is 1. The van der Waals surface area contributed by atoms with E-state index in [2.05, 4.69) is 17.2 Å². The summed E-state index contributed by atoms with van der Waals surface area (Å²) in [5.41, 5.74) is 1.88. The van der Waals surface area contributed by atoms with Crippen LogP contribution in [-0.2, 0) is 4.79 Å². The fraction of sp³-hybridized carbons (Fsp3) is 0.300. The highest BCUT2D eigenvalue weighted by Crippen LogP contribution is 2.28. The number of nitrogens with one attached hydrogen (secondary N) is 1. The first-order valence-corrected chi connectivity index (χ1v) is 8.33. The number of hydrogen-bond acceptors (Lipinski definition) is 4. The van der Waals surface area contributed by atoms with E-state index in [1.165, 1.54) is 6.08 Å². The van der Waals surface area contributed by atoms with Gasteiger partial charge in [0.1, 0.15) is 0 Å². The first-order chi connectivity index (χ1) is 12.1. The monoisotopic (exact) mass is 340 g/mol. The first kappa shape index (κ1) is 18.5. The molecular weight excluding hydrogens is 316 g/mol. The molecule has 0 saturated carbocycles. The lowest BCUT2D eigenvalue weighted by Gasteiger charge is -2.12. The number of methoxy groups -OCH3 is 1. The van der Waals surface area contributed by atoms with Crippen LogP contribution in [0.4, 0.5) is 0 Å². The van der Waals surface area contributed by atoms with E-state index < -0.39 is 0 Å². The molecule has 0 radical (unpaired) electrons. The molecular formula is C20H24N2O3. The minimum atomic E-state index is -0.158. The molecule has 0 bridgehead atoms. The van der Waals surface area contributed by atoms with Gasteiger partial charge in [0.15, 0.2) is 11.5 Å². The van der Waals surface area contributed by atoms with Crippen molar-refractivity contribution in [1.29, 1.82) is 0 Å². The molecule has 1 aromatic carbocycles. The predicted octanol–water partition coefficient (Wildman–Crippen LogP) is 3.77. The molecule has 1 heterocycles. The summed E-state index contributed by atoms with van der Waals surface area (Å²) in [4.78, 5) is 16.1. The molecule has 0 saturated heterocycles. The van der Waals surface area contributed by atoms with Gasteiger partial charge >= 0.3 is 0 Å². The van der Waals surface area contributed by atoms with Crippen molar-refractivity contribution in [1.82, 2.24) is 10.3 Å². The fourth-order valence-corrected chi connectivity index (χ4v) is 2.29. The van der Waals surface area contributed by atoms with Crippen molar-refractivity contribution < 1.29 is 14.3 Å². The van der Waals surface area contributed by atoms with Gasteiger partial charge in [-0.1, -0.05) is 13.0 Å². The third kappa shape index (κ3) is 5.64. The minimum Gasteiger partial charge on any atom is -0.493 e. The average Bonchev–Trinajstić information content (AvgIpc) is 2.65. The highest BCUT2D eigenvalue weighted by molar-refractivity contribution is 5.92. The molecule has 1 N–H and O–H groups in total. The van der Waals surface area contributed by atoms with E-state index in [0.29, 0.717) is 18.1 Å². The minimum absolute atomic E-state index is 0.0838. The van der Waals surface area contributed by atoms with Gasteiger partial charge in [-0.3, -0.25) is 9.78 Å². The zero-order chi connectivity index (χ0) is 18.1. The zero-order valence-corrected chi connectivity index (χ0v) is 14.9. The molecule has 0 spiro atoms. The second-order valence-electron chi connectivity index (χ2n) is 5.60. The lowest BCUT2D eigenvalue weighted by Crippen LogP contribution is -2.24. The van der Waals surface area contributed by atoms with Gasteiger partial charge in [-0.2, -0.15) is 0 Å². The molecule has 0 aliphatic heterocycles. The molecule has 1 amide bonds. The summed E-state index contributed by atoms with van der Waals surface area (Å²) in [6.45, 7) is 4.62. The van der Waals surface area contributed by atoms with E-state index in [1.54, 1.807) is 25.6 Å². The standard InChI is InChI=1S/C20H24N2O3/c1-4-13-25-18-7-5-16(14-19(18)24-3)6-8-20(23)22-15(2)17-9-11-21-12-10-17/h5-12,14-15H,4,13H2,1-3H3,(H,22,23). The molecule has 1 atom stereocenters. The van der Waals surface area contributed by atoms with Crippen LogP contribution in [0.3, 0.4) is 0 Å². The number of carbonyl (C=O) groups is 1. The Morgan fingerprint density at radius 2 is 2.00 bits per heavy atom. The highest BCUT2D eigenvalue weighted by Gasteiger charge is 2.07. The normalized spacial score (nSPS) is 12.0. The smallest absolute Gasteiger partial charge is 0.244 e. The SMILES string of the molecule is CCCOc1ccc(C=CC(=O)NC(C)c2ccncc2)cc1OC. The predicted molar refractivity (Wildman–Crippen MR) is 98.6 cm³/mol. The largest absolute Gasteiger partial charge is 0.493 e. The van der Waals surface area contributed by atoms with Crippen molar-refractivity contribution in [3.8, 4) is 11.5 Å². The molecule has 5 heteroatoms. The maximum Gasteiger partial charge on any atom is 0.244 e. The van der Waals surface area contributed by atoms with E-state index >= 15 is 0 Å². The second-order valence-corrected chi connectivity index (χ2v) is 5.60. The van der Waals surface area contributed by atoms with Crippen LogP contribution in [-0.4, -0.2) is 24.6 Å². The van der Waals surface area contributed by atoms with Gasteiger partial charge in [-0.15, -0.1) is 0 Å². The number of pyridine rings is 1. The Balaban J connectivity index is 1.99. The van der Waals surface area contributed by atoms with Gasteiger partial charge in [0.25, 0.3) is 0 Å². The lowest BCUT2D eigenvalue weighted by molar-refractivity contribution is -0.117. The molecule has 5 nitrogen and oxygen atoms in total. The summed E-state index contributed by atoms with van der Waals surface area (Å²) < 4.78 is 11.0. The van der Waals surface area contributed by atoms with E-state index in [4.69, 9.17) is 9.47 Å². The van der Waals surface area contributed by atoms with Crippen LogP contribution >= 0.6 is 0 Å². The van der Waals surface area contributed by atoms with Gasteiger partial charge in [0.2, 0.25) is 5.91 Å². The first-order valence-electron chi connectivity index (χ1n) is 8.33. The number of aromatic nitrogens is 1. The summed E-state index contributed by atoms with van der Waals surface area (Å²) in [7, 11) is 1.60. The molecule has 2 aromatic rings. The van der Waals surface area contributed by atoms with E-state index in [0.717, 1.165) is 17.5 Å². The van der Waals surface area contributed by atoms with Gasteiger partial charge < -0.3 is 14.8 Å². The van der Waals surface area contributed by atoms with Crippen molar-refractivity contribution in [2.45, 2.75) is 26.3 Å². The Morgan fingerprint density at radius 3 is 2.68 bits per heavy atom. The van der Waals surface area contributed by atoms with E-state index in [-0.39, 0.29) is 11.9 Å². The van der Waals surface area contributed by atoms with Crippen LogP contribution in [0.2, 0.25) is 0 Å². The molecule has 1 aromatic heterocycles. The Hall–Kier alpha value is -2.82. The van der Waals surface area contributed by atoms with E-state index in [9.17, 15) is 4.79 Å². The lowest BCUT2D eigenvalue weighted by atomic mass is 10.1. The van der Waals surface area contributed by atoms with Crippen LogP contribution in [0.5, 0.6) is 11.5 Å². The highest BCUT2D eigenvalue weighted by atomic mass is 16.5. The zero-order valence-electron chi connectivity index (χ0n) is 14.9. The third-order valence-corrected chi connectivity index (χ3v) is 3.64. The van der Waals surface area contributed by atoms with Crippen LogP contribution in [0.15, 0.2) is 48.8 Å².